The third-order valence-corrected chi connectivity index (χ3v) is 6.36. The zero-order valence-electron chi connectivity index (χ0n) is 15.3. The summed E-state index contributed by atoms with van der Waals surface area (Å²) in [7, 11) is 0. The molecule has 3 aliphatic heterocycles. The molecule has 26 heavy (non-hydrogen) atoms. The first-order valence-corrected chi connectivity index (χ1v) is 9.79. The predicted octanol–water partition coefficient (Wildman–Crippen LogP) is 1.79. The summed E-state index contributed by atoms with van der Waals surface area (Å²) >= 11 is 0. The van der Waals surface area contributed by atoms with Crippen LogP contribution in [0.15, 0.2) is 18.2 Å². The normalized spacial score (nSPS) is 27.4. The smallest absolute Gasteiger partial charge is 0.142 e. The average molecular weight is 356 g/mol. The molecule has 0 aliphatic carbocycles. The number of hydrogen-bond acceptors (Lipinski definition) is 6. The number of aromatic nitrogens is 1. The Hall–Kier alpha value is -1.68. The highest BCUT2D eigenvalue weighted by atomic mass is 16.5. The van der Waals surface area contributed by atoms with E-state index >= 15 is 0 Å². The number of piperidine rings is 2. The van der Waals surface area contributed by atoms with E-state index in [1.54, 1.807) is 6.07 Å². The maximum Gasteiger partial charge on any atom is 0.142 e. The zero-order chi connectivity index (χ0) is 18.0. The minimum absolute atomic E-state index is 0.208. The van der Waals surface area contributed by atoms with Crippen LogP contribution in [0.1, 0.15) is 37.8 Å². The number of pyridine rings is 1. The number of hydrogen-bond donors (Lipinski definition) is 1. The fourth-order valence-corrected chi connectivity index (χ4v) is 4.96. The van der Waals surface area contributed by atoms with Crippen molar-refractivity contribution in [2.45, 2.75) is 44.2 Å². The Balaban J connectivity index is 1.42. The van der Waals surface area contributed by atoms with Crippen LogP contribution in [0.2, 0.25) is 0 Å². The van der Waals surface area contributed by atoms with Crippen molar-refractivity contribution in [1.29, 1.82) is 5.26 Å². The van der Waals surface area contributed by atoms with Crippen molar-refractivity contribution in [2.75, 3.05) is 44.3 Å². The molecule has 3 saturated heterocycles. The quantitative estimate of drug-likeness (QED) is 0.871. The number of rotatable bonds is 2. The minimum atomic E-state index is -0.224. The summed E-state index contributed by atoms with van der Waals surface area (Å²) in [6.07, 6.45) is 4.99. The number of β-amino-alcohol motifs (C(OH)–C–C–N with tert-alkyl or cyclic N) is 1. The first kappa shape index (κ1) is 17.7. The lowest BCUT2D eigenvalue weighted by atomic mass is 9.71. The molecule has 0 saturated carbocycles. The largest absolute Gasteiger partial charge is 0.392 e. The second kappa shape index (κ2) is 7.51. The van der Waals surface area contributed by atoms with E-state index in [2.05, 4.69) is 20.9 Å². The standard InChI is InChI=1S/C20H28N4O2/c21-13-16-2-1-3-19(22-16)23-8-6-20(7-9-23)12-18(25)14-24(15-20)17-4-10-26-11-5-17/h1-3,17-18,25H,4-12,14-15H2. The van der Waals surface area contributed by atoms with Crippen LogP contribution in [0.5, 0.6) is 0 Å². The summed E-state index contributed by atoms with van der Waals surface area (Å²) in [6, 6.07) is 8.32. The van der Waals surface area contributed by atoms with Gasteiger partial charge in [0.15, 0.2) is 0 Å². The van der Waals surface area contributed by atoms with E-state index in [1.807, 2.05) is 12.1 Å². The fourth-order valence-electron chi connectivity index (χ4n) is 4.96. The van der Waals surface area contributed by atoms with Gasteiger partial charge >= 0.3 is 0 Å². The molecule has 1 atom stereocenters. The fraction of sp³-hybridized carbons (Fsp3) is 0.700. The van der Waals surface area contributed by atoms with Gasteiger partial charge < -0.3 is 14.7 Å². The van der Waals surface area contributed by atoms with E-state index in [1.165, 1.54) is 0 Å². The number of likely N-dealkylation sites (tertiary alicyclic amines) is 1. The molecule has 4 rings (SSSR count). The molecule has 0 radical (unpaired) electrons. The second-order valence-corrected chi connectivity index (χ2v) is 8.11. The summed E-state index contributed by atoms with van der Waals surface area (Å²) < 4.78 is 5.51. The van der Waals surface area contributed by atoms with Crippen molar-refractivity contribution < 1.29 is 9.84 Å². The Kier molecular flexibility index (Phi) is 5.12. The van der Waals surface area contributed by atoms with Crippen molar-refractivity contribution in [3.05, 3.63) is 23.9 Å². The van der Waals surface area contributed by atoms with E-state index in [4.69, 9.17) is 10.00 Å². The number of nitrogens with zero attached hydrogens (tertiary/aromatic N) is 4. The second-order valence-electron chi connectivity index (χ2n) is 8.11. The molecule has 3 aliphatic rings. The van der Waals surface area contributed by atoms with Gasteiger partial charge in [0.2, 0.25) is 0 Å². The molecular weight excluding hydrogens is 328 g/mol. The maximum atomic E-state index is 10.5. The van der Waals surface area contributed by atoms with Gasteiger partial charge in [-0.25, -0.2) is 4.98 Å². The Labute approximate surface area is 155 Å². The van der Waals surface area contributed by atoms with E-state index in [9.17, 15) is 5.11 Å². The molecule has 1 aromatic heterocycles. The lowest BCUT2D eigenvalue weighted by molar-refractivity contribution is -0.0602. The third-order valence-electron chi connectivity index (χ3n) is 6.36. The number of ether oxygens (including phenoxy) is 1. The topological polar surface area (TPSA) is 72.6 Å². The average Bonchev–Trinajstić information content (AvgIpc) is 2.69. The van der Waals surface area contributed by atoms with Gasteiger partial charge in [0.1, 0.15) is 17.6 Å². The highest BCUT2D eigenvalue weighted by molar-refractivity contribution is 5.42. The molecule has 0 bridgehead atoms. The molecule has 6 heteroatoms. The SMILES string of the molecule is N#Cc1cccc(N2CCC3(CC2)CC(O)CN(C2CCOCC2)C3)n1. The van der Waals surface area contributed by atoms with E-state index in [0.717, 1.165) is 77.3 Å². The first-order valence-electron chi connectivity index (χ1n) is 9.79. The van der Waals surface area contributed by atoms with Gasteiger partial charge in [-0.3, -0.25) is 4.90 Å². The lowest BCUT2D eigenvalue weighted by Crippen LogP contribution is -2.57. The van der Waals surface area contributed by atoms with Gasteiger partial charge in [0.05, 0.1) is 6.10 Å². The van der Waals surface area contributed by atoms with Crippen LogP contribution in [-0.4, -0.2) is 66.5 Å². The minimum Gasteiger partial charge on any atom is -0.392 e. The highest BCUT2D eigenvalue weighted by Gasteiger charge is 2.43. The summed E-state index contributed by atoms with van der Waals surface area (Å²) in [4.78, 5) is 9.26. The van der Waals surface area contributed by atoms with Crippen molar-refractivity contribution in [2.24, 2.45) is 5.41 Å². The van der Waals surface area contributed by atoms with Gasteiger partial charge in [-0.2, -0.15) is 5.26 Å². The van der Waals surface area contributed by atoms with Crippen LogP contribution in [0, 0.1) is 16.7 Å². The molecule has 3 fully saturated rings. The van der Waals surface area contributed by atoms with Gasteiger partial charge in [0, 0.05) is 45.4 Å². The Morgan fingerprint density at radius 3 is 2.73 bits per heavy atom. The number of anilines is 1. The van der Waals surface area contributed by atoms with E-state index in [0.29, 0.717) is 11.7 Å². The van der Waals surface area contributed by atoms with Crippen LogP contribution < -0.4 is 4.90 Å². The van der Waals surface area contributed by atoms with Crippen LogP contribution in [0.4, 0.5) is 5.82 Å². The zero-order valence-corrected chi connectivity index (χ0v) is 15.3. The number of aliphatic hydroxyl groups excluding tert-OH is 1. The third kappa shape index (κ3) is 3.71. The van der Waals surface area contributed by atoms with Crippen molar-refractivity contribution in [3.63, 3.8) is 0 Å². The van der Waals surface area contributed by atoms with Crippen LogP contribution in [0.3, 0.4) is 0 Å². The Bertz CT molecular complexity index is 660. The van der Waals surface area contributed by atoms with Crippen molar-refractivity contribution in [3.8, 4) is 6.07 Å². The van der Waals surface area contributed by atoms with E-state index in [-0.39, 0.29) is 11.5 Å². The molecule has 0 aromatic carbocycles. The molecule has 1 spiro atoms. The predicted molar refractivity (Wildman–Crippen MR) is 98.9 cm³/mol. The summed E-state index contributed by atoms with van der Waals surface area (Å²) in [6.45, 7) is 5.47. The molecule has 1 N–H and O–H groups in total. The van der Waals surface area contributed by atoms with Crippen molar-refractivity contribution in [1.82, 2.24) is 9.88 Å². The lowest BCUT2D eigenvalue weighted by Gasteiger charge is -2.51. The van der Waals surface area contributed by atoms with Crippen LogP contribution in [0.25, 0.3) is 0 Å². The van der Waals surface area contributed by atoms with Crippen LogP contribution in [-0.2, 0) is 4.74 Å². The molecule has 140 valence electrons. The summed E-state index contributed by atoms with van der Waals surface area (Å²) in [5.41, 5.74) is 0.681. The molecular formula is C20H28N4O2. The first-order chi connectivity index (χ1) is 12.7. The van der Waals surface area contributed by atoms with Gasteiger partial charge in [-0.15, -0.1) is 0 Å². The van der Waals surface area contributed by atoms with E-state index < -0.39 is 0 Å². The van der Waals surface area contributed by atoms with Gasteiger partial charge in [-0.1, -0.05) is 6.07 Å². The molecule has 1 unspecified atom stereocenters. The number of nitriles is 1. The highest BCUT2D eigenvalue weighted by Crippen LogP contribution is 2.41. The summed E-state index contributed by atoms with van der Waals surface area (Å²) in [5.74, 6) is 0.900. The molecule has 0 amide bonds. The Morgan fingerprint density at radius 1 is 1.23 bits per heavy atom. The van der Waals surface area contributed by atoms with Gasteiger partial charge in [-0.05, 0) is 49.7 Å². The van der Waals surface area contributed by atoms with Crippen LogP contribution >= 0.6 is 0 Å². The summed E-state index contributed by atoms with van der Waals surface area (Å²) in [5, 5.41) is 19.6. The molecule has 6 nitrogen and oxygen atoms in total. The monoisotopic (exact) mass is 356 g/mol. The number of aliphatic hydroxyl groups is 1. The Morgan fingerprint density at radius 2 is 2.00 bits per heavy atom. The molecule has 4 heterocycles. The maximum absolute atomic E-state index is 10.5. The van der Waals surface area contributed by atoms with Crippen molar-refractivity contribution >= 4 is 5.82 Å². The molecule has 1 aromatic rings. The van der Waals surface area contributed by atoms with Gasteiger partial charge in [0.25, 0.3) is 0 Å².